The van der Waals surface area contributed by atoms with Crippen LogP contribution in [0.4, 0.5) is 30.5 Å². The van der Waals surface area contributed by atoms with Gasteiger partial charge in [0, 0.05) is 74.1 Å². The molecule has 0 unspecified atom stereocenters. The number of pyridine rings is 1. The Bertz CT molecular complexity index is 1340. The fourth-order valence-corrected chi connectivity index (χ4v) is 4.09. The van der Waals surface area contributed by atoms with E-state index in [1.54, 1.807) is 0 Å². The standard InChI is InChI=1S/C24H26F3N7O2/c1-13-11-34(5-4-32(13)2)20-8-18(25)15(14-9-29-24(28)30-10-14)6-19(20)31-23(36)17-12-33(3)21(35)7-16(17)22(26)27/h6-10,12-13,22H,4-5,11H2,1-3H3,(H,31,36)(H2,28,29,30)/t13-/m0/s1. The minimum atomic E-state index is -3.03. The number of piperazine rings is 1. The van der Waals surface area contributed by atoms with Crippen molar-refractivity contribution in [2.75, 3.05) is 42.6 Å². The third-order valence-corrected chi connectivity index (χ3v) is 6.36. The molecule has 0 spiro atoms. The van der Waals surface area contributed by atoms with E-state index in [4.69, 9.17) is 5.73 Å². The Hall–Kier alpha value is -3.93. The molecule has 36 heavy (non-hydrogen) atoms. The molecule has 0 aliphatic carbocycles. The van der Waals surface area contributed by atoms with Gasteiger partial charge in [0.2, 0.25) is 5.95 Å². The first-order valence-corrected chi connectivity index (χ1v) is 11.2. The smallest absolute Gasteiger partial charge is 0.264 e. The molecule has 1 aromatic carbocycles. The van der Waals surface area contributed by atoms with E-state index in [0.29, 0.717) is 30.9 Å². The zero-order chi connectivity index (χ0) is 26.1. The van der Waals surface area contributed by atoms with E-state index in [9.17, 15) is 18.4 Å². The molecule has 2 aromatic heterocycles. The van der Waals surface area contributed by atoms with Crippen molar-refractivity contribution in [3.8, 4) is 11.1 Å². The lowest BCUT2D eigenvalue weighted by Gasteiger charge is -2.39. The average molecular weight is 502 g/mol. The third-order valence-electron chi connectivity index (χ3n) is 6.36. The van der Waals surface area contributed by atoms with E-state index < -0.39 is 29.3 Å². The Morgan fingerprint density at radius 3 is 2.50 bits per heavy atom. The number of nitrogens with zero attached hydrogens (tertiary/aromatic N) is 5. The van der Waals surface area contributed by atoms with Gasteiger partial charge in [0.1, 0.15) is 5.82 Å². The number of anilines is 3. The summed E-state index contributed by atoms with van der Waals surface area (Å²) in [5.74, 6) is -1.40. The number of rotatable bonds is 5. The van der Waals surface area contributed by atoms with E-state index in [1.807, 2.05) is 18.9 Å². The fourth-order valence-electron chi connectivity index (χ4n) is 4.09. The van der Waals surface area contributed by atoms with Crippen molar-refractivity contribution in [2.45, 2.75) is 19.4 Å². The van der Waals surface area contributed by atoms with Gasteiger partial charge < -0.3 is 25.4 Å². The number of amides is 1. The first kappa shape index (κ1) is 25.2. The van der Waals surface area contributed by atoms with Crippen LogP contribution in [0, 0.1) is 5.82 Å². The summed E-state index contributed by atoms with van der Waals surface area (Å²) in [5.41, 5.74) is 4.90. The predicted octanol–water partition coefficient (Wildman–Crippen LogP) is 2.89. The van der Waals surface area contributed by atoms with Gasteiger partial charge in [0.15, 0.2) is 0 Å². The second kappa shape index (κ2) is 9.97. The molecule has 12 heteroatoms. The second-order valence-corrected chi connectivity index (χ2v) is 8.80. The summed E-state index contributed by atoms with van der Waals surface area (Å²) in [6.45, 7) is 3.86. The minimum absolute atomic E-state index is 0.0185. The maximum Gasteiger partial charge on any atom is 0.264 e. The van der Waals surface area contributed by atoms with Crippen LogP contribution in [0.5, 0.6) is 0 Å². The topological polar surface area (TPSA) is 109 Å². The van der Waals surface area contributed by atoms with Crippen molar-refractivity contribution in [3.63, 3.8) is 0 Å². The van der Waals surface area contributed by atoms with Gasteiger partial charge in [-0.25, -0.2) is 23.1 Å². The first-order valence-electron chi connectivity index (χ1n) is 11.2. The highest BCUT2D eigenvalue weighted by molar-refractivity contribution is 6.07. The van der Waals surface area contributed by atoms with E-state index in [1.165, 1.54) is 31.6 Å². The molecular weight excluding hydrogens is 475 g/mol. The molecule has 3 heterocycles. The molecule has 1 aliphatic heterocycles. The number of aromatic nitrogens is 3. The quantitative estimate of drug-likeness (QED) is 0.553. The minimum Gasteiger partial charge on any atom is -0.368 e. The number of hydrogen-bond acceptors (Lipinski definition) is 7. The molecule has 1 atom stereocenters. The summed E-state index contributed by atoms with van der Waals surface area (Å²) in [6.07, 6.45) is 0.737. The number of nitrogens with two attached hydrogens (primary N) is 1. The highest BCUT2D eigenvalue weighted by Gasteiger charge is 2.26. The van der Waals surface area contributed by atoms with Crippen molar-refractivity contribution in [3.05, 3.63) is 64.1 Å². The molecule has 190 valence electrons. The summed E-state index contributed by atoms with van der Waals surface area (Å²) in [7, 11) is 3.35. The number of alkyl halides is 2. The summed E-state index contributed by atoms with van der Waals surface area (Å²) < 4.78 is 43.6. The van der Waals surface area contributed by atoms with Crippen LogP contribution in [0.25, 0.3) is 11.1 Å². The zero-order valence-electron chi connectivity index (χ0n) is 20.0. The monoisotopic (exact) mass is 501 g/mol. The molecule has 9 nitrogen and oxygen atoms in total. The lowest BCUT2D eigenvalue weighted by Crippen LogP contribution is -2.50. The average Bonchev–Trinajstić information content (AvgIpc) is 2.83. The van der Waals surface area contributed by atoms with Crippen LogP contribution in [0.3, 0.4) is 0 Å². The molecule has 1 aliphatic rings. The molecule has 3 aromatic rings. The van der Waals surface area contributed by atoms with Gasteiger partial charge in [-0.2, -0.15) is 0 Å². The van der Waals surface area contributed by atoms with Gasteiger partial charge in [-0.3, -0.25) is 9.59 Å². The van der Waals surface area contributed by atoms with Gasteiger partial charge >= 0.3 is 0 Å². The molecule has 1 fully saturated rings. The number of benzene rings is 1. The van der Waals surface area contributed by atoms with Crippen LogP contribution in [-0.4, -0.2) is 58.1 Å². The number of aryl methyl sites for hydroxylation is 1. The Balaban J connectivity index is 1.80. The Morgan fingerprint density at radius 1 is 1.17 bits per heavy atom. The van der Waals surface area contributed by atoms with Crippen molar-refractivity contribution < 1.29 is 18.0 Å². The normalized spacial score (nSPS) is 16.4. The molecule has 4 rings (SSSR count). The summed E-state index contributed by atoms with van der Waals surface area (Å²) in [5, 5.41) is 2.67. The maximum atomic E-state index is 15.3. The van der Waals surface area contributed by atoms with Gasteiger partial charge in [0.05, 0.1) is 16.9 Å². The van der Waals surface area contributed by atoms with Gasteiger partial charge in [0.25, 0.3) is 17.9 Å². The van der Waals surface area contributed by atoms with Crippen LogP contribution < -0.4 is 21.5 Å². The first-order chi connectivity index (χ1) is 17.0. The predicted molar refractivity (Wildman–Crippen MR) is 131 cm³/mol. The largest absolute Gasteiger partial charge is 0.368 e. The molecule has 0 radical (unpaired) electrons. The number of nitrogen functional groups attached to an aromatic ring is 1. The number of nitrogens with one attached hydrogen (secondary N) is 1. The van der Waals surface area contributed by atoms with E-state index >= 15 is 4.39 Å². The number of hydrogen-bond donors (Lipinski definition) is 2. The van der Waals surface area contributed by atoms with Crippen LogP contribution in [-0.2, 0) is 7.05 Å². The van der Waals surface area contributed by atoms with Crippen LogP contribution in [0.15, 0.2) is 41.6 Å². The molecule has 3 N–H and O–H groups in total. The third kappa shape index (κ3) is 5.03. The van der Waals surface area contributed by atoms with Crippen molar-refractivity contribution >= 4 is 23.2 Å². The summed E-state index contributed by atoms with van der Waals surface area (Å²) >= 11 is 0. The highest BCUT2D eigenvalue weighted by Crippen LogP contribution is 2.35. The highest BCUT2D eigenvalue weighted by atomic mass is 19.3. The van der Waals surface area contributed by atoms with Crippen LogP contribution in [0.1, 0.15) is 29.3 Å². The molecule has 0 bridgehead atoms. The van der Waals surface area contributed by atoms with Crippen LogP contribution >= 0.6 is 0 Å². The number of likely N-dealkylation sites (N-methyl/N-ethyl adjacent to an activating group) is 1. The van der Waals surface area contributed by atoms with Gasteiger partial charge in [-0.15, -0.1) is 0 Å². The Labute approximate surface area is 205 Å². The van der Waals surface area contributed by atoms with Crippen molar-refractivity contribution in [2.24, 2.45) is 7.05 Å². The van der Waals surface area contributed by atoms with Crippen molar-refractivity contribution in [1.29, 1.82) is 0 Å². The van der Waals surface area contributed by atoms with Gasteiger partial charge in [-0.05, 0) is 26.1 Å². The summed E-state index contributed by atoms with van der Waals surface area (Å²) in [4.78, 5) is 37.0. The van der Waals surface area contributed by atoms with Gasteiger partial charge in [-0.1, -0.05) is 0 Å². The fraction of sp³-hybridized carbons (Fsp3) is 0.333. The van der Waals surface area contributed by atoms with E-state index in [2.05, 4.69) is 20.2 Å². The summed E-state index contributed by atoms with van der Waals surface area (Å²) in [6, 6.07) is 3.62. The molecule has 1 saturated heterocycles. The lowest BCUT2D eigenvalue weighted by molar-refractivity contribution is 0.101. The van der Waals surface area contributed by atoms with Crippen LogP contribution in [0.2, 0.25) is 0 Å². The number of carbonyl (C=O) groups is 1. The SMILES string of the molecule is C[C@H]1CN(c2cc(F)c(-c3cnc(N)nc3)cc2NC(=O)c2cn(C)c(=O)cc2C(F)F)CCN1C. The second-order valence-electron chi connectivity index (χ2n) is 8.80. The zero-order valence-corrected chi connectivity index (χ0v) is 20.0. The Morgan fingerprint density at radius 2 is 1.86 bits per heavy atom. The lowest BCUT2D eigenvalue weighted by atomic mass is 10.0. The van der Waals surface area contributed by atoms with E-state index in [0.717, 1.165) is 16.8 Å². The molecular formula is C24H26F3N7O2. The van der Waals surface area contributed by atoms with E-state index in [-0.39, 0.29) is 28.8 Å². The maximum absolute atomic E-state index is 15.3. The Kier molecular flexibility index (Phi) is 6.97. The molecule has 1 amide bonds. The number of carbonyl (C=O) groups excluding carboxylic acids is 1. The number of halogens is 3. The molecule has 0 saturated carbocycles. The van der Waals surface area contributed by atoms with Crippen molar-refractivity contribution in [1.82, 2.24) is 19.4 Å².